The Bertz CT molecular complexity index is 849. The predicted molar refractivity (Wildman–Crippen MR) is 106 cm³/mol. The lowest BCUT2D eigenvalue weighted by molar-refractivity contribution is -0.142. The lowest BCUT2D eigenvalue weighted by Crippen LogP contribution is -2.36. The summed E-state index contributed by atoms with van der Waals surface area (Å²) in [5.41, 5.74) is 3.21. The van der Waals surface area contributed by atoms with E-state index in [2.05, 4.69) is 21.2 Å². The van der Waals surface area contributed by atoms with Crippen LogP contribution in [0.2, 0.25) is 0 Å². The molecule has 0 saturated heterocycles. The van der Waals surface area contributed by atoms with Crippen LogP contribution in [-0.4, -0.2) is 29.4 Å². The Kier molecular flexibility index (Phi) is 5.47. The van der Waals surface area contributed by atoms with E-state index in [4.69, 9.17) is 0 Å². The number of aliphatic carboxylic acids is 1. The number of unbranched alkanes of at least 4 members (excludes halogenated alkanes) is 1. The highest BCUT2D eigenvalue weighted by molar-refractivity contribution is 9.09. The fourth-order valence-corrected chi connectivity index (χ4v) is 4.43. The smallest absolute Gasteiger partial charge is 0.318 e. The largest absolute Gasteiger partial charge is 0.480 e. The van der Waals surface area contributed by atoms with Crippen LogP contribution in [0, 0.1) is 0 Å². The van der Waals surface area contributed by atoms with E-state index in [1.807, 2.05) is 42.5 Å². The molecular weight excluding hydrogens is 394 g/mol. The minimum Gasteiger partial charge on any atom is -0.480 e. The van der Waals surface area contributed by atoms with E-state index >= 15 is 0 Å². The lowest BCUT2D eigenvalue weighted by Gasteiger charge is -2.29. The number of rotatable bonds is 7. The number of hydrogen-bond donors (Lipinski definition) is 2. The second kappa shape index (κ2) is 7.62. The third kappa shape index (κ3) is 2.94. The van der Waals surface area contributed by atoms with E-state index in [1.165, 1.54) is 0 Å². The van der Waals surface area contributed by atoms with Gasteiger partial charge in [-0.15, -0.1) is 0 Å². The zero-order valence-corrected chi connectivity index (χ0v) is 16.3. The first-order valence-electron chi connectivity index (χ1n) is 8.78. The van der Waals surface area contributed by atoms with Crippen LogP contribution in [0.5, 0.6) is 0 Å². The third-order valence-corrected chi connectivity index (χ3v) is 5.75. The molecule has 1 aliphatic rings. The lowest BCUT2D eigenvalue weighted by atomic mass is 9.72. The SMILES string of the molecule is CNC(=O)Cc1cccc2c1C(CCCCBr)(C(=O)O)c1ccccc1-2. The number of likely N-dealkylation sites (N-methyl/N-ethyl adjacent to an activating group) is 1. The second-order valence-corrected chi connectivity index (χ2v) is 7.38. The van der Waals surface area contributed by atoms with Crippen LogP contribution in [0.1, 0.15) is 36.0 Å². The van der Waals surface area contributed by atoms with Crippen LogP contribution in [-0.2, 0) is 21.4 Å². The average Bonchev–Trinajstić information content (AvgIpc) is 2.94. The number of carboxylic acid groups (broad SMARTS) is 1. The Morgan fingerprint density at radius 1 is 1.08 bits per heavy atom. The van der Waals surface area contributed by atoms with Crippen molar-refractivity contribution in [3.63, 3.8) is 0 Å². The number of alkyl halides is 1. The van der Waals surface area contributed by atoms with Crippen LogP contribution < -0.4 is 5.32 Å². The normalized spacial score (nSPS) is 17.5. The van der Waals surface area contributed by atoms with Crippen LogP contribution in [0.25, 0.3) is 11.1 Å². The summed E-state index contributed by atoms with van der Waals surface area (Å²) in [6, 6.07) is 13.5. The molecule has 1 aliphatic carbocycles. The van der Waals surface area contributed by atoms with Crippen LogP contribution in [0.15, 0.2) is 42.5 Å². The minimum absolute atomic E-state index is 0.117. The van der Waals surface area contributed by atoms with Gasteiger partial charge in [-0.2, -0.15) is 0 Å². The maximum Gasteiger partial charge on any atom is 0.318 e. The fourth-order valence-electron chi connectivity index (χ4n) is 4.04. The molecule has 0 fully saturated rings. The van der Waals surface area contributed by atoms with Crippen molar-refractivity contribution < 1.29 is 14.7 Å². The number of amides is 1. The molecule has 0 bridgehead atoms. The third-order valence-electron chi connectivity index (χ3n) is 5.18. The molecule has 0 aliphatic heterocycles. The molecule has 1 atom stereocenters. The van der Waals surface area contributed by atoms with Gasteiger partial charge in [0.05, 0.1) is 6.42 Å². The van der Waals surface area contributed by atoms with Crippen molar-refractivity contribution in [2.45, 2.75) is 31.1 Å². The number of carboxylic acids is 1. The zero-order valence-electron chi connectivity index (χ0n) is 14.7. The molecule has 0 heterocycles. The number of nitrogens with one attached hydrogen (secondary N) is 1. The van der Waals surface area contributed by atoms with E-state index in [9.17, 15) is 14.7 Å². The quantitative estimate of drug-likeness (QED) is 0.532. The van der Waals surface area contributed by atoms with E-state index in [1.54, 1.807) is 7.05 Å². The molecule has 0 aromatic heterocycles. The Balaban J connectivity index is 2.24. The Morgan fingerprint density at radius 2 is 1.81 bits per heavy atom. The van der Waals surface area contributed by atoms with Crippen molar-refractivity contribution in [2.75, 3.05) is 12.4 Å². The number of hydrogen-bond acceptors (Lipinski definition) is 2. The molecule has 136 valence electrons. The van der Waals surface area contributed by atoms with Gasteiger partial charge in [0, 0.05) is 12.4 Å². The number of carbonyl (C=O) groups is 2. The highest BCUT2D eigenvalue weighted by Crippen LogP contribution is 2.53. The van der Waals surface area contributed by atoms with E-state index < -0.39 is 11.4 Å². The first kappa shape index (κ1) is 18.6. The van der Waals surface area contributed by atoms with Gasteiger partial charge in [0.2, 0.25) is 5.91 Å². The van der Waals surface area contributed by atoms with Crippen LogP contribution >= 0.6 is 15.9 Å². The number of fused-ring (bicyclic) bond motifs is 3. The summed E-state index contributed by atoms with van der Waals surface area (Å²) in [7, 11) is 1.60. The van der Waals surface area contributed by atoms with E-state index in [0.717, 1.165) is 46.0 Å². The highest BCUT2D eigenvalue weighted by atomic mass is 79.9. The topological polar surface area (TPSA) is 66.4 Å². The molecule has 5 heteroatoms. The number of halogens is 1. The van der Waals surface area contributed by atoms with E-state index in [-0.39, 0.29) is 12.3 Å². The molecule has 26 heavy (non-hydrogen) atoms. The van der Waals surface area contributed by atoms with Crippen LogP contribution in [0.3, 0.4) is 0 Å². The van der Waals surface area contributed by atoms with Gasteiger partial charge in [-0.1, -0.05) is 64.8 Å². The average molecular weight is 416 g/mol. The standard InChI is InChI=1S/C21H22BrNO3/c1-23-18(24)13-14-7-6-9-16-15-8-2-3-10-17(15)21(19(14)16,20(25)26)11-4-5-12-22/h2-3,6-10H,4-5,11-13H2,1H3,(H,23,24)(H,25,26). The van der Waals surface area contributed by atoms with Crippen molar-refractivity contribution in [3.05, 3.63) is 59.2 Å². The summed E-state index contributed by atoms with van der Waals surface area (Å²) < 4.78 is 0. The van der Waals surface area contributed by atoms with Gasteiger partial charge in [0.15, 0.2) is 0 Å². The molecule has 1 unspecified atom stereocenters. The Labute approximate surface area is 161 Å². The summed E-state index contributed by atoms with van der Waals surface area (Å²) >= 11 is 3.43. The van der Waals surface area contributed by atoms with Gasteiger partial charge in [0.1, 0.15) is 5.41 Å². The summed E-state index contributed by atoms with van der Waals surface area (Å²) in [6.45, 7) is 0. The van der Waals surface area contributed by atoms with Crippen LogP contribution in [0.4, 0.5) is 0 Å². The molecular formula is C21H22BrNO3. The number of carbonyl (C=O) groups excluding carboxylic acids is 1. The maximum atomic E-state index is 12.6. The zero-order chi connectivity index (χ0) is 18.7. The van der Waals surface area contributed by atoms with Gasteiger partial charge >= 0.3 is 5.97 Å². The minimum atomic E-state index is -1.10. The van der Waals surface area contributed by atoms with Crippen molar-refractivity contribution in [1.29, 1.82) is 0 Å². The van der Waals surface area contributed by atoms with Gasteiger partial charge in [0.25, 0.3) is 0 Å². The van der Waals surface area contributed by atoms with Gasteiger partial charge in [-0.25, -0.2) is 0 Å². The highest BCUT2D eigenvalue weighted by Gasteiger charge is 2.50. The molecule has 3 rings (SSSR count). The van der Waals surface area contributed by atoms with Gasteiger partial charge in [-0.05, 0) is 40.7 Å². The maximum absolute atomic E-state index is 12.6. The predicted octanol–water partition coefficient (Wildman–Crippen LogP) is 3.89. The molecule has 2 N–H and O–H groups in total. The molecule has 2 aromatic rings. The molecule has 0 radical (unpaired) electrons. The second-order valence-electron chi connectivity index (χ2n) is 6.59. The van der Waals surface area contributed by atoms with Crippen molar-refractivity contribution >= 4 is 27.8 Å². The summed E-state index contributed by atoms with van der Waals surface area (Å²) in [5.74, 6) is -0.961. The molecule has 0 saturated carbocycles. The summed E-state index contributed by atoms with van der Waals surface area (Å²) in [6.07, 6.45) is 2.40. The number of benzene rings is 2. The molecule has 4 nitrogen and oxygen atoms in total. The first-order valence-corrected chi connectivity index (χ1v) is 9.90. The van der Waals surface area contributed by atoms with E-state index in [0.29, 0.717) is 6.42 Å². The summed E-state index contributed by atoms with van der Waals surface area (Å²) in [4.78, 5) is 24.7. The molecule has 1 amide bonds. The van der Waals surface area contributed by atoms with Crippen molar-refractivity contribution in [3.8, 4) is 11.1 Å². The van der Waals surface area contributed by atoms with Gasteiger partial charge < -0.3 is 10.4 Å². The van der Waals surface area contributed by atoms with Gasteiger partial charge in [-0.3, -0.25) is 9.59 Å². The molecule has 0 spiro atoms. The van der Waals surface area contributed by atoms with Crippen molar-refractivity contribution in [1.82, 2.24) is 5.32 Å². The van der Waals surface area contributed by atoms with Crippen molar-refractivity contribution in [2.24, 2.45) is 0 Å². The monoisotopic (exact) mass is 415 g/mol. The Hall–Kier alpha value is -2.14. The summed E-state index contributed by atoms with van der Waals surface area (Å²) in [5, 5.41) is 13.8. The first-order chi connectivity index (χ1) is 12.6. The fraction of sp³-hybridized carbons (Fsp3) is 0.333. The Morgan fingerprint density at radius 3 is 2.50 bits per heavy atom. The molecule has 2 aromatic carbocycles.